The van der Waals surface area contributed by atoms with Crippen LogP contribution in [0.4, 0.5) is 5.69 Å². The maximum atomic E-state index is 11.8. The maximum absolute atomic E-state index is 11.8. The van der Waals surface area contributed by atoms with Gasteiger partial charge in [-0.2, -0.15) is 0 Å². The fourth-order valence-corrected chi connectivity index (χ4v) is 2.88. The van der Waals surface area contributed by atoms with Crippen LogP contribution in [-0.4, -0.2) is 32.0 Å². The van der Waals surface area contributed by atoms with Crippen LogP contribution < -0.4 is 16.0 Å². The minimum absolute atomic E-state index is 0. The molecule has 1 aliphatic heterocycles. The highest BCUT2D eigenvalue weighted by atomic mass is 127. The molecule has 1 amide bonds. The minimum Gasteiger partial charge on any atom is -0.356 e. The van der Waals surface area contributed by atoms with Crippen molar-refractivity contribution in [1.29, 1.82) is 0 Å². The quantitative estimate of drug-likeness (QED) is 0.261. The number of aliphatic imine (C=N–C) groups is 1. The summed E-state index contributed by atoms with van der Waals surface area (Å²) in [6.45, 7) is 3.85. The van der Waals surface area contributed by atoms with Gasteiger partial charge in [0.2, 0.25) is 5.91 Å². The lowest BCUT2D eigenvalue weighted by atomic mass is 9.90. The summed E-state index contributed by atoms with van der Waals surface area (Å²) in [5, 5.41) is 9.62. The molecule has 1 aliphatic rings. The number of hydrogen-bond acceptors (Lipinski definition) is 2. The van der Waals surface area contributed by atoms with Crippen molar-refractivity contribution in [2.45, 2.75) is 44.9 Å². The SMILES string of the molecule is CCCCCCNC(=NC)NCC1CC(=O)Nc2ccccc21.I. The van der Waals surface area contributed by atoms with E-state index in [-0.39, 0.29) is 35.8 Å². The lowest BCUT2D eigenvalue weighted by Crippen LogP contribution is -2.41. The standard InChI is InChI=1S/C18H28N4O.HI/c1-3-4-5-8-11-20-18(19-2)21-13-14-12-17(23)22-16-10-7-6-9-15(14)16;/h6-7,9-10,14H,3-5,8,11-13H2,1-2H3,(H,22,23)(H2,19,20,21);1H. The maximum Gasteiger partial charge on any atom is 0.225 e. The number of unbranched alkanes of at least 4 members (excludes halogenated alkanes) is 3. The number of para-hydroxylation sites is 1. The molecule has 1 atom stereocenters. The number of rotatable bonds is 7. The number of nitrogens with one attached hydrogen (secondary N) is 3. The number of carbonyl (C=O) groups excluding carboxylic acids is 1. The van der Waals surface area contributed by atoms with E-state index in [0.29, 0.717) is 13.0 Å². The first-order valence-corrected chi connectivity index (χ1v) is 8.58. The molecule has 1 aromatic rings. The molecule has 5 nitrogen and oxygen atoms in total. The first-order valence-electron chi connectivity index (χ1n) is 8.58. The third-order valence-corrected chi connectivity index (χ3v) is 4.17. The molecular formula is C18H29IN4O. The lowest BCUT2D eigenvalue weighted by molar-refractivity contribution is -0.116. The topological polar surface area (TPSA) is 65.5 Å². The molecule has 1 heterocycles. The monoisotopic (exact) mass is 444 g/mol. The highest BCUT2D eigenvalue weighted by Crippen LogP contribution is 2.31. The van der Waals surface area contributed by atoms with E-state index in [4.69, 9.17) is 0 Å². The van der Waals surface area contributed by atoms with Gasteiger partial charge in [-0.25, -0.2) is 0 Å². The van der Waals surface area contributed by atoms with Crippen molar-refractivity contribution in [2.75, 3.05) is 25.5 Å². The van der Waals surface area contributed by atoms with Crippen molar-refractivity contribution in [3.8, 4) is 0 Å². The van der Waals surface area contributed by atoms with Gasteiger partial charge in [-0.05, 0) is 18.1 Å². The molecule has 0 aliphatic carbocycles. The van der Waals surface area contributed by atoms with Crippen LogP contribution in [-0.2, 0) is 4.79 Å². The molecule has 6 heteroatoms. The molecule has 1 unspecified atom stereocenters. The average molecular weight is 444 g/mol. The minimum atomic E-state index is 0. The fourth-order valence-electron chi connectivity index (χ4n) is 2.88. The second kappa shape index (κ2) is 11.3. The fraction of sp³-hybridized carbons (Fsp3) is 0.556. The molecule has 0 radical (unpaired) electrons. The molecule has 0 fully saturated rings. The summed E-state index contributed by atoms with van der Waals surface area (Å²) in [6.07, 6.45) is 5.44. The van der Waals surface area contributed by atoms with E-state index in [2.05, 4.69) is 33.9 Å². The van der Waals surface area contributed by atoms with Crippen molar-refractivity contribution in [2.24, 2.45) is 4.99 Å². The van der Waals surface area contributed by atoms with Gasteiger partial charge in [0.05, 0.1) is 0 Å². The Morgan fingerprint density at radius 3 is 2.79 bits per heavy atom. The third kappa shape index (κ3) is 6.30. The Morgan fingerprint density at radius 1 is 1.25 bits per heavy atom. The Morgan fingerprint density at radius 2 is 2.04 bits per heavy atom. The summed E-state index contributed by atoms with van der Waals surface area (Å²) in [5.41, 5.74) is 2.12. The van der Waals surface area contributed by atoms with Gasteiger partial charge in [-0.15, -0.1) is 24.0 Å². The van der Waals surface area contributed by atoms with Crippen LogP contribution in [0.5, 0.6) is 0 Å². The second-order valence-corrected chi connectivity index (χ2v) is 5.98. The predicted octanol–water partition coefficient (Wildman–Crippen LogP) is 3.48. The number of anilines is 1. The Hall–Kier alpha value is -1.31. The van der Waals surface area contributed by atoms with Crippen LogP contribution in [0.25, 0.3) is 0 Å². The van der Waals surface area contributed by atoms with E-state index >= 15 is 0 Å². The number of fused-ring (bicyclic) bond motifs is 1. The van der Waals surface area contributed by atoms with Gasteiger partial charge in [0, 0.05) is 38.2 Å². The summed E-state index contributed by atoms with van der Waals surface area (Å²) in [4.78, 5) is 16.1. The Bertz CT molecular complexity index is 548. The normalized spacial score (nSPS) is 16.7. The van der Waals surface area contributed by atoms with Crippen LogP contribution in [0, 0.1) is 0 Å². The van der Waals surface area contributed by atoms with Gasteiger partial charge in [-0.3, -0.25) is 9.79 Å². The van der Waals surface area contributed by atoms with Crippen molar-refractivity contribution < 1.29 is 4.79 Å². The van der Waals surface area contributed by atoms with E-state index in [1.54, 1.807) is 7.05 Å². The van der Waals surface area contributed by atoms with E-state index in [1.165, 1.54) is 24.8 Å². The molecule has 0 saturated carbocycles. The predicted molar refractivity (Wildman–Crippen MR) is 111 cm³/mol. The number of guanidine groups is 1. The van der Waals surface area contributed by atoms with Crippen LogP contribution in [0.15, 0.2) is 29.3 Å². The first kappa shape index (κ1) is 20.7. The number of halogens is 1. The van der Waals surface area contributed by atoms with Gasteiger partial charge in [0.15, 0.2) is 5.96 Å². The molecule has 3 N–H and O–H groups in total. The van der Waals surface area contributed by atoms with Gasteiger partial charge in [0.25, 0.3) is 0 Å². The number of carbonyl (C=O) groups is 1. The van der Waals surface area contributed by atoms with E-state index < -0.39 is 0 Å². The highest BCUT2D eigenvalue weighted by Gasteiger charge is 2.24. The molecule has 134 valence electrons. The van der Waals surface area contributed by atoms with Crippen LogP contribution >= 0.6 is 24.0 Å². The molecular weight excluding hydrogens is 415 g/mol. The third-order valence-electron chi connectivity index (χ3n) is 4.17. The number of amides is 1. The molecule has 2 rings (SSSR count). The lowest BCUT2D eigenvalue weighted by Gasteiger charge is -2.26. The van der Waals surface area contributed by atoms with E-state index in [1.807, 2.05) is 18.2 Å². The molecule has 24 heavy (non-hydrogen) atoms. The zero-order valence-electron chi connectivity index (χ0n) is 14.6. The summed E-state index contributed by atoms with van der Waals surface area (Å²) in [6, 6.07) is 8.01. The van der Waals surface area contributed by atoms with Crippen LogP contribution in [0.2, 0.25) is 0 Å². The Kier molecular flexibility index (Phi) is 9.75. The summed E-state index contributed by atoms with van der Waals surface area (Å²) in [7, 11) is 1.78. The summed E-state index contributed by atoms with van der Waals surface area (Å²) < 4.78 is 0. The molecule has 1 aromatic carbocycles. The molecule has 0 saturated heterocycles. The average Bonchev–Trinajstić information content (AvgIpc) is 2.57. The van der Waals surface area contributed by atoms with Gasteiger partial charge in [-0.1, -0.05) is 44.4 Å². The molecule has 0 aromatic heterocycles. The van der Waals surface area contributed by atoms with Crippen molar-refractivity contribution in [3.05, 3.63) is 29.8 Å². The van der Waals surface area contributed by atoms with Crippen molar-refractivity contribution >= 4 is 41.5 Å². The van der Waals surface area contributed by atoms with Crippen molar-refractivity contribution in [1.82, 2.24) is 10.6 Å². The van der Waals surface area contributed by atoms with Gasteiger partial charge in [0.1, 0.15) is 0 Å². The Labute approximate surface area is 162 Å². The van der Waals surface area contributed by atoms with E-state index in [9.17, 15) is 4.79 Å². The smallest absolute Gasteiger partial charge is 0.225 e. The van der Waals surface area contributed by atoms with Crippen LogP contribution in [0.1, 0.15) is 50.5 Å². The van der Waals surface area contributed by atoms with Gasteiger partial charge >= 0.3 is 0 Å². The number of benzene rings is 1. The Balaban J connectivity index is 0.00000288. The van der Waals surface area contributed by atoms with Crippen molar-refractivity contribution in [3.63, 3.8) is 0 Å². The molecule has 0 bridgehead atoms. The van der Waals surface area contributed by atoms with E-state index in [0.717, 1.165) is 24.6 Å². The largest absolute Gasteiger partial charge is 0.356 e. The van der Waals surface area contributed by atoms with Crippen LogP contribution in [0.3, 0.4) is 0 Å². The van der Waals surface area contributed by atoms with Gasteiger partial charge < -0.3 is 16.0 Å². The number of hydrogen-bond donors (Lipinski definition) is 3. The summed E-state index contributed by atoms with van der Waals surface area (Å²) in [5.74, 6) is 1.07. The number of nitrogens with zero attached hydrogens (tertiary/aromatic N) is 1. The molecule has 0 spiro atoms. The zero-order valence-corrected chi connectivity index (χ0v) is 16.9. The summed E-state index contributed by atoms with van der Waals surface area (Å²) >= 11 is 0. The zero-order chi connectivity index (χ0) is 16.5. The first-order chi connectivity index (χ1) is 11.2. The second-order valence-electron chi connectivity index (χ2n) is 5.98. The highest BCUT2D eigenvalue weighted by molar-refractivity contribution is 14.0.